The maximum absolute atomic E-state index is 5.21. The highest BCUT2D eigenvalue weighted by atomic mass is 16.5. The molecule has 0 aromatic heterocycles. The van der Waals surface area contributed by atoms with Crippen molar-refractivity contribution in [3.05, 3.63) is 53.6 Å². The van der Waals surface area contributed by atoms with Crippen LogP contribution in [0.3, 0.4) is 0 Å². The Kier molecular flexibility index (Phi) is 4.40. The SMILES string of the molecule is COc1ccc(Cc2cc3[nH]c(C4CCNC(C)C4)ncc-3n2)cc1. The van der Waals surface area contributed by atoms with E-state index in [0.717, 1.165) is 54.5 Å². The Morgan fingerprint density at radius 1 is 1.24 bits per heavy atom. The van der Waals surface area contributed by atoms with Gasteiger partial charge in [0, 0.05) is 24.1 Å². The largest absolute Gasteiger partial charge is 0.497 e. The molecule has 4 rings (SSSR count). The molecule has 1 aromatic carbocycles. The van der Waals surface area contributed by atoms with Gasteiger partial charge in [-0.3, -0.25) is 0 Å². The Hall–Kier alpha value is -2.40. The number of piperidine rings is 1. The summed E-state index contributed by atoms with van der Waals surface area (Å²) >= 11 is 0. The van der Waals surface area contributed by atoms with Gasteiger partial charge in [0.15, 0.2) is 0 Å². The fraction of sp³-hybridized carbons (Fsp3) is 0.400. The Bertz CT molecular complexity index is 811. The van der Waals surface area contributed by atoms with Crippen LogP contribution in [-0.4, -0.2) is 34.6 Å². The van der Waals surface area contributed by atoms with Crippen molar-refractivity contribution in [1.29, 1.82) is 0 Å². The van der Waals surface area contributed by atoms with E-state index in [9.17, 15) is 0 Å². The summed E-state index contributed by atoms with van der Waals surface area (Å²) in [4.78, 5) is 12.9. The zero-order chi connectivity index (χ0) is 17.2. The second-order valence-corrected chi connectivity index (χ2v) is 6.92. The third-order valence-corrected chi connectivity index (χ3v) is 4.99. The van der Waals surface area contributed by atoms with E-state index in [1.54, 1.807) is 7.11 Å². The number of ether oxygens (including phenoxy) is 1. The van der Waals surface area contributed by atoms with Crippen LogP contribution in [0.1, 0.15) is 42.8 Å². The summed E-state index contributed by atoms with van der Waals surface area (Å²) in [6, 6.07) is 10.8. The molecule has 3 aliphatic rings. The number of benzene rings is 1. The highest BCUT2D eigenvalue weighted by Crippen LogP contribution is 2.28. The lowest BCUT2D eigenvalue weighted by atomic mass is 9.92. The van der Waals surface area contributed by atoms with E-state index in [1.165, 1.54) is 5.56 Å². The molecule has 130 valence electrons. The van der Waals surface area contributed by atoms with Crippen LogP contribution >= 0.6 is 0 Å². The highest BCUT2D eigenvalue weighted by Gasteiger charge is 2.22. The molecule has 3 aliphatic heterocycles. The van der Waals surface area contributed by atoms with Gasteiger partial charge < -0.3 is 15.0 Å². The van der Waals surface area contributed by atoms with Crippen molar-refractivity contribution >= 4 is 0 Å². The molecule has 0 aliphatic carbocycles. The molecule has 1 saturated heterocycles. The third kappa shape index (κ3) is 3.51. The lowest BCUT2D eigenvalue weighted by molar-refractivity contribution is 0.371. The van der Waals surface area contributed by atoms with Gasteiger partial charge in [0.2, 0.25) is 0 Å². The zero-order valence-electron chi connectivity index (χ0n) is 14.7. The molecule has 0 bridgehead atoms. The van der Waals surface area contributed by atoms with Crippen molar-refractivity contribution in [2.45, 2.75) is 38.1 Å². The van der Waals surface area contributed by atoms with Crippen LogP contribution < -0.4 is 10.1 Å². The number of fused-ring (bicyclic) bond motifs is 1. The summed E-state index contributed by atoms with van der Waals surface area (Å²) in [5.41, 5.74) is 4.31. The monoisotopic (exact) mass is 336 g/mol. The van der Waals surface area contributed by atoms with Crippen LogP contribution in [0.5, 0.6) is 5.75 Å². The number of rotatable bonds is 4. The smallest absolute Gasteiger partial charge is 0.118 e. The van der Waals surface area contributed by atoms with Crippen molar-refractivity contribution < 1.29 is 4.74 Å². The summed E-state index contributed by atoms with van der Waals surface area (Å²) in [5.74, 6) is 2.47. The topological polar surface area (TPSA) is 62.8 Å². The van der Waals surface area contributed by atoms with Gasteiger partial charge in [0.25, 0.3) is 0 Å². The molecule has 2 N–H and O–H groups in total. The minimum Gasteiger partial charge on any atom is -0.497 e. The number of methoxy groups -OCH3 is 1. The van der Waals surface area contributed by atoms with Crippen molar-refractivity contribution in [1.82, 2.24) is 20.3 Å². The average Bonchev–Trinajstić information content (AvgIpc) is 3.03. The van der Waals surface area contributed by atoms with Crippen LogP contribution in [-0.2, 0) is 6.42 Å². The summed E-state index contributed by atoms with van der Waals surface area (Å²) in [7, 11) is 1.68. The maximum atomic E-state index is 5.21. The molecule has 5 nitrogen and oxygen atoms in total. The summed E-state index contributed by atoms with van der Waals surface area (Å²) in [6.45, 7) is 3.29. The lowest BCUT2D eigenvalue weighted by Gasteiger charge is -2.27. The molecule has 1 aromatic rings. The Morgan fingerprint density at radius 3 is 2.84 bits per heavy atom. The number of aromatic nitrogens is 3. The molecule has 25 heavy (non-hydrogen) atoms. The normalized spacial score (nSPS) is 20.7. The first-order valence-electron chi connectivity index (χ1n) is 8.92. The van der Waals surface area contributed by atoms with Gasteiger partial charge in [-0.25, -0.2) is 9.97 Å². The Balaban J connectivity index is 1.54. The van der Waals surface area contributed by atoms with Gasteiger partial charge >= 0.3 is 0 Å². The summed E-state index contributed by atoms with van der Waals surface area (Å²) in [6.07, 6.45) is 4.98. The van der Waals surface area contributed by atoms with Crippen LogP contribution in [0.25, 0.3) is 11.4 Å². The molecule has 2 atom stereocenters. The molecule has 0 radical (unpaired) electrons. The standard InChI is InChI=1S/C20H24N4O/c1-13-9-15(7-8-21-13)20-22-12-19-18(24-20)11-16(23-19)10-14-3-5-17(25-2)6-4-14/h3-6,11-13,15,21H,7-10H2,1-2H3,(H,22,24). The third-order valence-electron chi connectivity index (χ3n) is 4.99. The fourth-order valence-electron chi connectivity index (χ4n) is 3.62. The van der Waals surface area contributed by atoms with Gasteiger partial charge in [-0.15, -0.1) is 0 Å². The lowest BCUT2D eigenvalue weighted by Crippen LogP contribution is -2.35. The minimum absolute atomic E-state index is 0.501. The molecule has 2 unspecified atom stereocenters. The Labute approximate surface area is 148 Å². The van der Waals surface area contributed by atoms with Crippen LogP contribution in [0.15, 0.2) is 36.5 Å². The number of hydrogen-bond donors (Lipinski definition) is 2. The van der Waals surface area contributed by atoms with E-state index in [4.69, 9.17) is 9.72 Å². The molecule has 3 heterocycles. The van der Waals surface area contributed by atoms with Crippen LogP contribution in [0.4, 0.5) is 0 Å². The molecule has 0 spiro atoms. The van der Waals surface area contributed by atoms with Crippen molar-refractivity contribution in [3.8, 4) is 17.1 Å². The molecule has 0 saturated carbocycles. The van der Waals surface area contributed by atoms with Crippen molar-refractivity contribution in [2.75, 3.05) is 13.7 Å². The predicted octanol–water partition coefficient (Wildman–Crippen LogP) is 3.36. The van der Waals surface area contributed by atoms with Gasteiger partial charge in [0.05, 0.1) is 19.0 Å². The molecule has 5 heteroatoms. The van der Waals surface area contributed by atoms with Crippen LogP contribution in [0.2, 0.25) is 0 Å². The molecule has 1 fully saturated rings. The number of H-pyrrole nitrogens is 1. The molecular weight excluding hydrogens is 312 g/mol. The van der Waals surface area contributed by atoms with Crippen molar-refractivity contribution in [3.63, 3.8) is 0 Å². The highest BCUT2D eigenvalue weighted by molar-refractivity contribution is 5.57. The van der Waals surface area contributed by atoms with Crippen molar-refractivity contribution in [2.24, 2.45) is 0 Å². The number of nitrogens with one attached hydrogen (secondary N) is 2. The molecule has 0 amide bonds. The summed E-state index contributed by atoms with van der Waals surface area (Å²) in [5, 5.41) is 3.50. The number of hydrogen-bond acceptors (Lipinski definition) is 4. The predicted molar refractivity (Wildman–Crippen MR) is 98.2 cm³/mol. The van der Waals surface area contributed by atoms with E-state index in [1.807, 2.05) is 18.3 Å². The first kappa shape index (κ1) is 16.1. The van der Waals surface area contributed by atoms with Gasteiger partial charge in [-0.2, -0.15) is 0 Å². The van der Waals surface area contributed by atoms with E-state index in [0.29, 0.717) is 12.0 Å². The van der Waals surface area contributed by atoms with Gasteiger partial charge in [-0.05, 0) is 50.1 Å². The second kappa shape index (κ2) is 6.84. The maximum Gasteiger partial charge on any atom is 0.118 e. The average molecular weight is 336 g/mol. The Morgan fingerprint density at radius 2 is 2.08 bits per heavy atom. The van der Waals surface area contributed by atoms with E-state index in [-0.39, 0.29) is 0 Å². The zero-order valence-corrected chi connectivity index (χ0v) is 14.7. The van der Waals surface area contributed by atoms with Crippen LogP contribution in [0, 0.1) is 0 Å². The molecular formula is C20H24N4O. The first-order valence-corrected chi connectivity index (χ1v) is 8.92. The number of nitrogens with zero attached hydrogens (tertiary/aromatic N) is 2. The van der Waals surface area contributed by atoms with Gasteiger partial charge in [0.1, 0.15) is 17.3 Å². The quantitative estimate of drug-likeness (QED) is 0.767. The summed E-state index contributed by atoms with van der Waals surface area (Å²) < 4.78 is 5.21. The van der Waals surface area contributed by atoms with E-state index in [2.05, 4.69) is 40.4 Å². The van der Waals surface area contributed by atoms with E-state index < -0.39 is 0 Å². The van der Waals surface area contributed by atoms with Gasteiger partial charge in [-0.1, -0.05) is 12.1 Å². The first-order chi connectivity index (χ1) is 12.2. The number of aromatic amines is 1. The second-order valence-electron chi connectivity index (χ2n) is 6.92. The fourth-order valence-corrected chi connectivity index (χ4v) is 3.62. The van der Waals surface area contributed by atoms with E-state index >= 15 is 0 Å². The minimum atomic E-state index is 0.501.